The maximum atomic E-state index is 14.0. The van der Waals surface area contributed by atoms with Crippen LogP contribution < -0.4 is 0 Å². The molecule has 21 heavy (non-hydrogen) atoms. The predicted octanol–water partition coefficient (Wildman–Crippen LogP) is 4.88. The second-order valence-corrected chi connectivity index (χ2v) is 5.98. The van der Waals surface area contributed by atoms with Crippen molar-refractivity contribution >= 4 is 40.0 Å². The van der Waals surface area contributed by atoms with Crippen molar-refractivity contribution in [2.45, 2.75) is 12.8 Å². The number of hydrogen-bond donors (Lipinski definition) is 0. The SMILES string of the molecule is Cc1cccc(C(=O)C(C#N)c2c(F)cccc2Cl)c1I. The molecule has 1 unspecified atom stereocenters. The van der Waals surface area contributed by atoms with E-state index >= 15 is 0 Å². The van der Waals surface area contributed by atoms with Crippen molar-refractivity contribution in [2.24, 2.45) is 0 Å². The zero-order valence-electron chi connectivity index (χ0n) is 11.0. The minimum absolute atomic E-state index is 0.0658. The molecule has 0 aliphatic heterocycles. The van der Waals surface area contributed by atoms with Gasteiger partial charge in [-0.05, 0) is 47.2 Å². The van der Waals surface area contributed by atoms with Crippen molar-refractivity contribution in [2.75, 3.05) is 0 Å². The summed E-state index contributed by atoms with van der Waals surface area (Å²) in [6, 6.07) is 11.2. The Labute approximate surface area is 140 Å². The molecule has 0 fully saturated rings. The zero-order valence-corrected chi connectivity index (χ0v) is 13.9. The minimum Gasteiger partial charge on any atom is -0.292 e. The van der Waals surface area contributed by atoms with E-state index in [9.17, 15) is 14.4 Å². The molecule has 0 saturated heterocycles. The second-order valence-electron chi connectivity index (χ2n) is 4.50. The summed E-state index contributed by atoms with van der Waals surface area (Å²) >= 11 is 8.01. The average molecular weight is 414 g/mol. The lowest BCUT2D eigenvalue weighted by molar-refractivity contribution is 0.0976. The van der Waals surface area contributed by atoms with Crippen molar-refractivity contribution in [3.8, 4) is 6.07 Å². The number of nitrogens with zero attached hydrogens (tertiary/aromatic N) is 1. The molecule has 2 aromatic rings. The van der Waals surface area contributed by atoms with E-state index in [1.165, 1.54) is 18.2 Å². The number of halogens is 3. The van der Waals surface area contributed by atoms with Gasteiger partial charge in [-0.3, -0.25) is 4.79 Å². The zero-order chi connectivity index (χ0) is 15.6. The van der Waals surface area contributed by atoms with Crippen LogP contribution in [0, 0.1) is 27.6 Å². The van der Waals surface area contributed by atoms with Crippen LogP contribution in [0.25, 0.3) is 0 Å². The number of nitriles is 1. The quantitative estimate of drug-likeness (QED) is 0.531. The van der Waals surface area contributed by atoms with Crippen LogP contribution >= 0.6 is 34.2 Å². The topological polar surface area (TPSA) is 40.9 Å². The maximum absolute atomic E-state index is 14.0. The summed E-state index contributed by atoms with van der Waals surface area (Å²) in [5.41, 5.74) is 1.27. The normalized spacial score (nSPS) is 11.8. The van der Waals surface area contributed by atoms with Crippen LogP contribution in [0.1, 0.15) is 27.4 Å². The molecule has 0 aromatic heterocycles. The molecule has 106 valence electrons. The Morgan fingerprint density at radius 2 is 2.00 bits per heavy atom. The Morgan fingerprint density at radius 3 is 2.62 bits per heavy atom. The first-order valence-electron chi connectivity index (χ1n) is 6.10. The molecule has 0 N–H and O–H groups in total. The van der Waals surface area contributed by atoms with E-state index in [1.807, 2.05) is 41.7 Å². The van der Waals surface area contributed by atoms with E-state index in [-0.39, 0.29) is 10.6 Å². The van der Waals surface area contributed by atoms with E-state index in [1.54, 1.807) is 12.1 Å². The van der Waals surface area contributed by atoms with Gasteiger partial charge in [-0.1, -0.05) is 35.9 Å². The Balaban J connectivity index is 2.55. The lowest BCUT2D eigenvalue weighted by Crippen LogP contribution is -2.15. The van der Waals surface area contributed by atoms with Crippen molar-refractivity contribution in [3.05, 3.63) is 67.5 Å². The molecular weight excluding hydrogens is 404 g/mol. The number of carbonyl (C=O) groups is 1. The molecule has 0 radical (unpaired) electrons. The summed E-state index contributed by atoms with van der Waals surface area (Å²) in [6.45, 7) is 1.87. The average Bonchev–Trinajstić information content (AvgIpc) is 2.45. The molecule has 2 aromatic carbocycles. The largest absolute Gasteiger partial charge is 0.292 e. The highest BCUT2D eigenvalue weighted by Gasteiger charge is 2.28. The fourth-order valence-electron chi connectivity index (χ4n) is 2.03. The molecule has 1 atom stereocenters. The highest BCUT2D eigenvalue weighted by Crippen LogP contribution is 2.31. The predicted molar refractivity (Wildman–Crippen MR) is 88.0 cm³/mol. The fourth-order valence-corrected chi connectivity index (χ4v) is 2.93. The van der Waals surface area contributed by atoms with Gasteiger partial charge in [0.05, 0.1) is 6.07 Å². The highest BCUT2D eigenvalue weighted by molar-refractivity contribution is 14.1. The van der Waals surface area contributed by atoms with Gasteiger partial charge in [-0.15, -0.1) is 0 Å². The van der Waals surface area contributed by atoms with Crippen molar-refractivity contribution in [1.29, 1.82) is 5.26 Å². The van der Waals surface area contributed by atoms with Gasteiger partial charge in [0.1, 0.15) is 11.7 Å². The van der Waals surface area contributed by atoms with Crippen LogP contribution in [0.4, 0.5) is 4.39 Å². The van der Waals surface area contributed by atoms with E-state index in [0.717, 1.165) is 9.13 Å². The van der Waals surface area contributed by atoms with Crippen molar-refractivity contribution in [1.82, 2.24) is 0 Å². The van der Waals surface area contributed by atoms with Crippen LogP contribution in [0.5, 0.6) is 0 Å². The molecule has 0 aliphatic rings. The van der Waals surface area contributed by atoms with Crippen LogP contribution in [-0.4, -0.2) is 5.78 Å². The summed E-state index contributed by atoms with van der Waals surface area (Å²) in [5.74, 6) is -2.35. The molecule has 0 saturated carbocycles. The molecule has 5 heteroatoms. The molecule has 0 aliphatic carbocycles. The van der Waals surface area contributed by atoms with Crippen LogP contribution in [0.15, 0.2) is 36.4 Å². The second kappa shape index (κ2) is 6.54. The van der Waals surface area contributed by atoms with Gasteiger partial charge in [0.25, 0.3) is 0 Å². The lowest BCUT2D eigenvalue weighted by atomic mass is 9.91. The number of Topliss-reactive ketones (excluding diaryl/α,β-unsaturated/α-hetero) is 1. The fraction of sp³-hybridized carbons (Fsp3) is 0.125. The van der Waals surface area contributed by atoms with Crippen LogP contribution in [-0.2, 0) is 0 Å². The standard InChI is InChI=1S/C16H10ClFINO/c1-9-4-2-5-10(15(9)19)16(21)11(8-20)14-12(17)6-3-7-13(14)18/h2-7,11H,1H3. The monoisotopic (exact) mass is 413 g/mol. The summed E-state index contributed by atoms with van der Waals surface area (Å²) in [6.07, 6.45) is 0. The molecule has 2 rings (SSSR count). The first-order chi connectivity index (χ1) is 9.97. The Bertz CT molecular complexity index is 734. The molecular formula is C16H10ClFINO. The van der Waals surface area contributed by atoms with Gasteiger partial charge < -0.3 is 0 Å². The van der Waals surface area contributed by atoms with Crippen LogP contribution in [0.3, 0.4) is 0 Å². The van der Waals surface area contributed by atoms with Gasteiger partial charge in [-0.25, -0.2) is 4.39 Å². The summed E-state index contributed by atoms with van der Waals surface area (Å²) in [5, 5.41) is 9.40. The lowest BCUT2D eigenvalue weighted by Gasteiger charge is -2.13. The third-order valence-corrected chi connectivity index (χ3v) is 4.90. The third-order valence-electron chi connectivity index (χ3n) is 3.14. The smallest absolute Gasteiger partial charge is 0.185 e. The third kappa shape index (κ3) is 3.09. The van der Waals surface area contributed by atoms with E-state index in [0.29, 0.717) is 5.56 Å². The van der Waals surface area contributed by atoms with Gasteiger partial charge in [0.15, 0.2) is 5.78 Å². The summed E-state index contributed by atoms with van der Waals surface area (Å²) in [7, 11) is 0. The van der Waals surface area contributed by atoms with Gasteiger partial charge in [-0.2, -0.15) is 5.26 Å². The Hall–Kier alpha value is -1.45. The van der Waals surface area contributed by atoms with Crippen molar-refractivity contribution in [3.63, 3.8) is 0 Å². The molecule has 0 heterocycles. The summed E-state index contributed by atoms with van der Waals surface area (Å²) in [4.78, 5) is 12.6. The van der Waals surface area contributed by atoms with Gasteiger partial charge >= 0.3 is 0 Å². The number of aryl methyl sites for hydroxylation is 1. The molecule has 2 nitrogen and oxygen atoms in total. The summed E-state index contributed by atoms with van der Waals surface area (Å²) < 4.78 is 14.7. The first-order valence-corrected chi connectivity index (χ1v) is 7.56. The minimum atomic E-state index is -1.26. The Kier molecular flexibility index (Phi) is 4.96. The van der Waals surface area contributed by atoms with Gasteiger partial charge in [0.2, 0.25) is 0 Å². The highest BCUT2D eigenvalue weighted by atomic mass is 127. The Morgan fingerprint density at radius 1 is 1.33 bits per heavy atom. The van der Waals surface area contributed by atoms with E-state index in [2.05, 4.69) is 0 Å². The molecule has 0 amide bonds. The number of ketones is 1. The number of hydrogen-bond acceptors (Lipinski definition) is 2. The maximum Gasteiger partial charge on any atom is 0.185 e. The van der Waals surface area contributed by atoms with Gasteiger partial charge in [0, 0.05) is 19.7 Å². The van der Waals surface area contributed by atoms with Crippen molar-refractivity contribution < 1.29 is 9.18 Å². The van der Waals surface area contributed by atoms with E-state index < -0.39 is 17.5 Å². The molecule has 0 bridgehead atoms. The number of benzene rings is 2. The van der Waals surface area contributed by atoms with Crippen LogP contribution in [0.2, 0.25) is 5.02 Å². The first kappa shape index (κ1) is 15.9. The number of rotatable bonds is 3. The number of carbonyl (C=O) groups excluding carboxylic acids is 1. The van der Waals surface area contributed by atoms with E-state index in [4.69, 9.17) is 11.6 Å². The molecule has 0 spiro atoms.